The molecule has 0 spiro atoms. The number of nitrogen functional groups attached to an aromatic ring is 1. The highest BCUT2D eigenvalue weighted by Crippen LogP contribution is 2.17. The first-order valence-corrected chi connectivity index (χ1v) is 7.34. The minimum Gasteiger partial charge on any atom is -0.384 e. The van der Waals surface area contributed by atoms with Gasteiger partial charge in [0.1, 0.15) is 5.82 Å². The van der Waals surface area contributed by atoms with E-state index in [1.807, 2.05) is 6.92 Å². The maximum Gasteiger partial charge on any atom is 0.252 e. The van der Waals surface area contributed by atoms with E-state index in [0.29, 0.717) is 16.6 Å². The van der Waals surface area contributed by atoms with Crippen molar-refractivity contribution < 1.29 is 9.00 Å². The van der Waals surface area contributed by atoms with Gasteiger partial charge in [0.2, 0.25) is 0 Å². The fourth-order valence-corrected chi connectivity index (χ4v) is 1.79. The van der Waals surface area contributed by atoms with Crippen LogP contribution in [-0.2, 0) is 10.8 Å². The molecule has 0 aliphatic rings. The Morgan fingerprint density at radius 2 is 2.35 bits per heavy atom. The van der Waals surface area contributed by atoms with Gasteiger partial charge < -0.3 is 11.1 Å². The number of nitrogens with one attached hydrogen (secondary N) is 1. The van der Waals surface area contributed by atoms with Gasteiger partial charge in [-0.15, -0.1) is 0 Å². The van der Waals surface area contributed by atoms with Crippen molar-refractivity contribution in [2.75, 3.05) is 18.5 Å². The number of anilines is 1. The minimum atomic E-state index is -0.956. The SMILES string of the molecule is CC(CNC(=O)c1cc(N)ncc1Br)S(C)=O. The van der Waals surface area contributed by atoms with Crippen LogP contribution in [0.1, 0.15) is 17.3 Å². The average Bonchev–Trinajstić information content (AvgIpc) is 2.28. The van der Waals surface area contributed by atoms with Crippen LogP contribution in [0.3, 0.4) is 0 Å². The van der Waals surface area contributed by atoms with Gasteiger partial charge in [-0.2, -0.15) is 0 Å². The van der Waals surface area contributed by atoms with Gasteiger partial charge >= 0.3 is 0 Å². The second-order valence-electron chi connectivity index (χ2n) is 3.61. The lowest BCUT2D eigenvalue weighted by atomic mass is 10.2. The third kappa shape index (κ3) is 4.08. The molecule has 1 aromatic rings. The van der Waals surface area contributed by atoms with E-state index in [9.17, 15) is 9.00 Å². The van der Waals surface area contributed by atoms with E-state index < -0.39 is 10.8 Å². The van der Waals surface area contributed by atoms with Gasteiger partial charge in [-0.05, 0) is 28.9 Å². The molecule has 0 aromatic carbocycles. The Bertz CT molecular complexity index is 453. The van der Waals surface area contributed by atoms with Crippen molar-refractivity contribution in [1.29, 1.82) is 0 Å². The number of nitrogens with zero attached hydrogens (tertiary/aromatic N) is 1. The summed E-state index contributed by atoms with van der Waals surface area (Å²) in [7, 11) is -0.956. The molecule has 7 heteroatoms. The van der Waals surface area contributed by atoms with Crippen LogP contribution >= 0.6 is 15.9 Å². The second-order valence-corrected chi connectivity index (χ2v) is 6.26. The van der Waals surface area contributed by atoms with Crippen LogP contribution in [0, 0.1) is 0 Å². The highest BCUT2D eigenvalue weighted by atomic mass is 79.9. The van der Waals surface area contributed by atoms with Crippen LogP contribution < -0.4 is 11.1 Å². The number of nitrogens with two attached hydrogens (primary N) is 1. The zero-order chi connectivity index (χ0) is 13.0. The molecular formula is C10H14BrN3O2S. The lowest BCUT2D eigenvalue weighted by Gasteiger charge is -2.10. The number of aromatic nitrogens is 1. The van der Waals surface area contributed by atoms with Crippen molar-refractivity contribution in [3.8, 4) is 0 Å². The first-order valence-electron chi connectivity index (χ1n) is 4.93. The van der Waals surface area contributed by atoms with Crippen molar-refractivity contribution in [1.82, 2.24) is 10.3 Å². The number of halogens is 1. The Labute approximate surface area is 111 Å². The van der Waals surface area contributed by atoms with Crippen molar-refractivity contribution in [3.05, 3.63) is 22.3 Å². The van der Waals surface area contributed by atoms with Crippen LogP contribution in [0.5, 0.6) is 0 Å². The predicted molar refractivity (Wildman–Crippen MR) is 72.2 cm³/mol. The Hall–Kier alpha value is -0.950. The maximum atomic E-state index is 11.8. The van der Waals surface area contributed by atoms with Crippen molar-refractivity contribution in [3.63, 3.8) is 0 Å². The van der Waals surface area contributed by atoms with E-state index in [-0.39, 0.29) is 17.0 Å². The maximum absolute atomic E-state index is 11.8. The summed E-state index contributed by atoms with van der Waals surface area (Å²) in [6.07, 6.45) is 3.09. The van der Waals surface area contributed by atoms with Gasteiger partial charge in [0.15, 0.2) is 0 Å². The molecule has 0 radical (unpaired) electrons. The van der Waals surface area contributed by atoms with E-state index >= 15 is 0 Å². The fraction of sp³-hybridized carbons (Fsp3) is 0.400. The van der Waals surface area contributed by atoms with Gasteiger partial charge in [-0.25, -0.2) is 4.98 Å². The number of pyridine rings is 1. The van der Waals surface area contributed by atoms with E-state index in [1.54, 1.807) is 6.26 Å². The topological polar surface area (TPSA) is 85.1 Å². The summed E-state index contributed by atoms with van der Waals surface area (Å²) in [6.45, 7) is 2.17. The molecule has 3 N–H and O–H groups in total. The van der Waals surface area contributed by atoms with Crippen LogP contribution in [-0.4, -0.2) is 33.2 Å². The largest absolute Gasteiger partial charge is 0.384 e. The van der Waals surface area contributed by atoms with E-state index in [2.05, 4.69) is 26.2 Å². The molecule has 0 saturated heterocycles. The molecule has 1 aromatic heterocycles. The second kappa shape index (κ2) is 6.11. The third-order valence-corrected chi connectivity index (χ3v) is 4.17. The summed E-state index contributed by atoms with van der Waals surface area (Å²) in [5.74, 6) is 0.0220. The molecule has 0 fully saturated rings. The molecular weight excluding hydrogens is 306 g/mol. The molecule has 17 heavy (non-hydrogen) atoms. The molecule has 2 unspecified atom stereocenters. The molecule has 1 amide bonds. The number of rotatable bonds is 4. The Morgan fingerprint density at radius 3 is 2.94 bits per heavy atom. The Balaban J connectivity index is 2.70. The first kappa shape index (κ1) is 14.1. The van der Waals surface area contributed by atoms with Crippen LogP contribution in [0.4, 0.5) is 5.82 Å². The summed E-state index contributed by atoms with van der Waals surface area (Å²) in [6, 6.07) is 1.49. The van der Waals surface area contributed by atoms with Crippen LogP contribution in [0.25, 0.3) is 0 Å². The van der Waals surface area contributed by atoms with E-state index in [1.165, 1.54) is 12.3 Å². The first-order chi connectivity index (χ1) is 7.91. The predicted octanol–water partition coefficient (Wildman–Crippen LogP) is 0.923. The van der Waals surface area contributed by atoms with E-state index in [0.717, 1.165) is 0 Å². The third-order valence-electron chi connectivity index (χ3n) is 2.24. The normalized spacial score (nSPS) is 14.1. The van der Waals surface area contributed by atoms with Crippen LogP contribution in [0.2, 0.25) is 0 Å². The molecule has 5 nitrogen and oxygen atoms in total. The molecule has 0 bridgehead atoms. The zero-order valence-electron chi connectivity index (χ0n) is 9.57. The molecule has 94 valence electrons. The molecule has 2 atom stereocenters. The number of hydrogen-bond donors (Lipinski definition) is 2. The van der Waals surface area contributed by atoms with Crippen molar-refractivity contribution >= 4 is 38.5 Å². The zero-order valence-corrected chi connectivity index (χ0v) is 12.0. The van der Waals surface area contributed by atoms with Gasteiger partial charge in [0.25, 0.3) is 5.91 Å². The summed E-state index contributed by atoms with van der Waals surface area (Å²) in [4.78, 5) is 15.7. The molecule has 0 aliphatic carbocycles. The highest BCUT2D eigenvalue weighted by molar-refractivity contribution is 9.10. The van der Waals surface area contributed by atoms with Gasteiger partial charge in [-0.1, -0.05) is 0 Å². The number of carbonyl (C=O) groups is 1. The summed E-state index contributed by atoms with van der Waals surface area (Å²) in [5, 5.41) is 2.62. The standard InChI is InChI=1S/C10H14BrN3O2S/c1-6(17(2)16)4-14-10(15)7-3-9(12)13-5-8(7)11/h3,5-6H,4H2,1-2H3,(H2,12,13)(H,14,15). The lowest BCUT2D eigenvalue weighted by molar-refractivity contribution is 0.0953. The number of carbonyl (C=O) groups excluding carboxylic acids is 1. The summed E-state index contributed by atoms with van der Waals surface area (Å²) < 4.78 is 11.7. The molecule has 1 rings (SSSR count). The number of hydrogen-bond acceptors (Lipinski definition) is 4. The Morgan fingerprint density at radius 1 is 1.71 bits per heavy atom. The fourth-order valence-electron chi connectivity index (χ4n) is 1.08. The molecule has 1 heterocycles. The quantitative estimate of drug-likeness (QED) is 0.864. The van der Waals surface area contributed by atoms with E-state index in [4.69, 9.17) is 5.73 Å². The summed E-state index contributed by atoms with van der Waals surface area (Å²) in [5.41, 5.74) is 5.93. The summed E-state index contributed by atoms with van der Waals surface area (Å²) >= 11 is 3.23. The van der Waals surface area contributed by atoms with Crippen molar-refractivity contribution in [2.24, 2.45) is 0 Å². The molecule has 0 aliphatic heterocycles. The molecule has 0 saturated carbocycles. The Kier molecular flexibility index (Phi) is 5.07. The van der Waals surface area contributed by atoms with Crippen LogP contribution in [0.15, 0.2) is 16.7 Å². The number of amides is 1. The smallest absolute Gasteiger partial charge is 0.252 e. The average molecular weight is 320 g/mol. The lowest BCUT2D eigenvalue weighted by Crippen LogP contribution is -2.32. The van der Waals surface area contributed by atoms with Gasteiger partial charge in [0, 0.05) is 39.5 Å². The van der Waals surface area contributed by atoms with Crippen molar-refractivity contribution in [2.45, 2.75) is 12.2 Å². The highest BCUT2D eigenvalue weighted by Gasteiger charge is 2.13. The van der Waals surface area contributed by atoms with Gasteiger partial charge in [-0.3, -0.25) is 9.00 Å². The minimum absolute atomic E-state index is 0.0862. The van der Waals surface area contributed by atoms with Gasteiger partial charge in [0.05, 0.1) is 5.56 Å². The monoisotopic (exact) mass is 319 g/mol.